The second-order valence-corrected chi connectivity index (χ2v) is 12.1. The van der Waals surface area contributed by atoms with Gasteiger partial charge in [0.25, 0.3) is 0 Å². The Labute approximate surface area is 254 Å². The molecule has 2 aromatic carbocycles. The van der Waals surface area contributed by atoms with Crippen LogP contribution in [0.1, 0.15) is 59.3 Å². The van der Waals surface area contributed by atoms with Gasteiger partial charge in [-0.1, -0.05) is 54.6 Å². The molecule has 5 aromatic rings. The number of pyridine rings is 1. The lowest BCUT2D eigenvalue weighted by atomic mass is 9.91. The third kappa shape index (κ3) is 5.06. The van der Waals surface area contributed by atoms with Crippen LogP contribution >= 0.6 is 0 Å². The fourth-order valence-corrected chi connectivity index (χ4v) is 6.89. The molecule has 2 aliphatic carbocycles. The van der Waals surface area contributed by atoms with Gasteiger partial charge in [0.05, 0.1) is 17.3 Å². The highest BCUT2D eigenvalue weighted by atomic mass is 16.5. The number of ketones is 1. The Morgan fingerprint density at radius 1 is 0.977 bits per heavy atom. The normalized spacial score (nSPS) is 20.6. The molecule has 7 rings (SSSR count). The molecule has 0 radical (unpaired) electrons. The molecule has 10 nitrogen and oxygen atoms in total. The van der Waals surface area contributed by atoms with Crippen molar-refractivity contribution in [2.24, 2.45) is 0 Å². The lowest BCUT2D eigenvalue weighted by molar-refractivity contribution is 0.0991. The topological polar surface area (TPSA) is 138 Å². The van der Waals surface area contributed by atoms with E-state index in [4.69, 9.17) is 15.6 Å². The van der Waals surface area contributed by atoms with Crippen LogP contribution in [-0.4, -0.2) is 42.1 Å². The van der Waals surface area contributed by atoms with Gasteiger partial charge in [-0.15, -0.1) is 0 Å². The molecule has 0 atom stereocenters. The smallest absolute Gasteiger partial charge is 0.407 e. The first-order valence-corrected chi connectivity index (χ1v) is 14.9. The molecule has 3 aromatic heterocycles. The number of alkyl carbamates (subject to hydrolysis) is 1. The Balaban J connectivity index is 1.13. The van der Waals surface area contributed by atoms with Gasteiger partial charge >= 0.3 is 6.09 Å². The molecule has 1 amide bonds. The van der Waals surface area contributed by atoms with Crippen molar-refractivity contribution in [1.29, 1.82) is 0 Å². The van der Waals surface area contributed by atoms with Crippen LogP contribution in [0.5, 0.6) is 0 Å². The zero-order chi connectivity index (χ0) is 30.3. The summed E-state index contributed by atoms with van der Waals surface area (Å²) in [4.78, 5) is 39.0. The predicted octanol–water partition coefficient (Wildman–Crippen LogP) is 5.54. The van der Waals surface area contributed by atoms with Crippen molar-refractivity contribution in [3.63, 3.8) is 0 Å². The fraction of sp³-hybridized carbons (Fsp3) is 0.294. The number of amides is 1. The molecule has 3 heterocycles. The number of Topliss-reactive ketones (excluding diaryl/α,β-unsaturated/α-hetero) is 1. The van der Waals surface area contributed by atoms with Crippen molar-refractivity contribution in [2.75, 3.05) is 5.73 Å². The molecule has 0 saturated heterocycles. The summed E-state index contributed by atoms with van der Waals surface area (Å²) in [6, 6.07) is 20.9. The Morgan fingerprint density at radius 3 is 2.50 bits per heavy atom. The van der Waals surface area contributed by atoms with Crippen molar-refractivity contribution in [3.8, 4) is 11.3 Å². The van der Waals surface area contributed by atoms with Gasteiger partial charge in [0.2, 0.25) is 0 Å². The molecule has 2 fully saturated rings. The number of nitrogen functional groups attached to an aromatic ring is 1. The molecule has 0 spiro atoms. The molecule has 0 aliphatic heterocycles. The molecule has 44 heavy (non-hydrogen) atoms. The standard InChI is InChI=1S/C34H33N7O3/c1-22-11-16-36-26(17-22)18-27(42)24-7-9-25(10-8-24)29-28-30(35)37-21-38-31(28)41(40-29)34-14-12-33(20-34,13-15-34)39-32(43)44-19-23-5-3-2-4-6-23/h2-11,16-17,21H,12-15,18-20H2,1H3,(H,39,43)(H2,35,37,38). The third-order valence-electron chi connectivity index (χ3n) is 9.12. The molecule has 3 N–H and O–H groups in total. The van der Waals surface area contributed by atoms with E-state index in [9.17, 15) is 9.59 Å². The van der Waals surface area contributed by atoms with E-state index in [1.165, 1.54) is 6.33 Å². The van der Waals surface area contributed by atoms with Gasteiger partial charge in [0.1, 0.15) is 24.4 Å². The van der Waals surface area contributed by atoms with Crippen molar-refractivity contribution in [3.05, 3.63) is 102 Å². The number of nitrogens with zero attached hydrogens (tertiary/aromatic N) is 5. The van der Waals surface area contributed by atoms with Crippen molar-refractivity contribution in [2.45, 2.75) is 63.1 Å². The van der Waals surface area contributed by atoms with Gasteiger partial charge in [-0.2, -0.15) is 5.10 Å². The van der Waals surface area contributed by atoms with E-state index in [2.05, 4.69) is 20.3 Å². The predicted molar refractivity (Wildman–Crippen MR) is 166 cm³/mol. The minimum absolute atomic E-state index is 0.00480. The first-order valence-electron chi connectivity index (χ1n) is 14.9. The summed E-state index contributed by atoms with van der Waals surface area (Å²) >= 11 is 0. The quantitative estimate of drug-likeness (QED) is 0.226. The number of hydrogen-bond acceptors (Lipinski definition) is 8. The zero-order valence-corrected chi connectivity index (χ0v) is 24.5. The molecule has 0 unspecified atom stereocenters. The molecule has 2 aliphatic rings. The average Bonchev–Trinajstić information content (AvgIpc) is 3.72. The Kier molecular flexibility index (Phi) is 6.84. The van der Waals surface area contributed by atoms with E-state index < -0.39 is 6.09 Å². The number of ether oxygens (including phenoxy) is 1. The number of hydrogen-bond donors (Lipinski definition) is 2. The molecule has 2 bridgehead atoms. The fourth-order valence-electron chi connectivity index (χ4n) is 6.89. The average molecular weight is 588 g/mol. The third-order valence-corrected chi connectivity index (χ3v) is 9.12. The largest absolute Gasteiger partial charge is 0.445 e. The monoisotopic (exact) mass is 587 g/mol. The number of carbonyl (C=O) groups excluding carboxylic acids is 2. The first-order chi connectivity index (χ1) is 21.3. The second-order valence-electron chi connectivity index (χ2n) is 12.1. The summed E-state index contributed by atoms with van der Waals surface area (Å²) < 4.78 is 7.55. The maximum Gasteiger partial charge on any atom is 0.407 e. The van der Waals surface area contributed by atoms with Gasteiger partial charge in [-0.05, 0) is 62.3 Å². The Hall–Kier alpha value is -5.12. The highest BCUT2D eigenvalue weighted by Crippen LogP contribution is 2.56. The molecule has 222 valence electrons. The summed E-state index contributed by atoms with van der Waals surface area (Å²) in [6.07, 6.45) is 7.05. The number of carbonyl (C=O) groups is 2. The van der Waals surface area contributed by atoms with Crippen LogP contribution in [0.3, 0.4) is 0 Å². The Bertz CT molecular complexity index is 1860. The maximum atomic E-state index is 13.0. The summed E-state index contributed by atoms with van der Waals surface area (Å²) in [5.41, 5.74) is 11.3. The number of fused-ring (bicyclic) bond motifs is 3. The molecule has 10 heteroatoms. The summed E-state index contributed by atoms with van der Waals surface area (Å²) in [6.45, 7) is 2.21. The molecule has 2 saturated carbocycles. The van der Waals surface area contributed by atoms with E-state index >= 15 is 0 Å². The number of aromatic nitrogens is 5. The highest BCUT2D eigenvalue weighted by Gasteiger charge is 2.57. The van der Waals surface area contributed by atoms with E-state index in [0.29, 0.717) is 28.1 Å². The van der Waals surface area contributed by atoms with Crippen molar-refractivity contribution in [1.82, 2.24) is 30.0 Å². The minimum Gasteiger partial charge on any atom is -0.445 e. The van der Waals surface area contributed by atoms with Gasteiger partial charge < -0.3 is 15.8 Å². The van der Waals surface area contributed by atoms with E-state index in [0.717, 1.165) is 54.5 Å². The molecular weight excluding hydrogens is 554 g/mol. The van der Waals surface area contributed by atoms with Crippen LogP contribution in [0.4, 0.5) is 10.6 Å². The number of nitrogens with one attached hydrogen (secondary N) is 1. The summed E-state index contributed by atoms with van der Waals surface area (Å²) in [7, 11) is 0. The highest BCUT2D eigenvalue weighted by molar-refractivity contribution is 6.00. The van der Waals surface area contributed by atoms with Crippen LogP contribution in [0.2, 0.25) is 0 Å². The SMILES string of the molecule is Cc1ccnc(CC(=O)c2ccc(-c3nn(C45CCC(NC(=O)OCc6ccccc6)(CC4)C5)c4ncnc(N)c34)cc2)c1. The second kappa shape index (κ2) is 10.9. The zero-order valence-electron chi connectivity index (χ0n) is 24.5. The van der Waals surface area contributed by atoms with Crippen LogP contribution in [0.15, 0.2) is 79.3 Å². The van der Waals surface area contributed by atoms with Gasteiger partial charge in [-0.25, -0.2) is 19.4 Å². The number of anilines is 1. The Morgan fingerprint density at radius 2 is 1.75 bits per heavy atom. The van der Waals surface area contributed by atoms with E-state index in [-0.39, 0.29) is 29.9 Å². The van der Waals surface area contributed by atoms with Crippen LogP contribution in [0.25, 0.3) is 22.3 Å². The van der Waals surface area contributed by atoms with Gasteiger partial charge in [-0.3, -0.25) is 9.78 Å². The first kappa shape index (κ1) is 27.7. The summed E-state index contributed by atoms with van der Waals surface area (Å²) in [5, 5.41) is 8.98. The van der Waals surface area contributed by atoms with Crippen LogP contribution in [-0.2, 0) is 23.3 Å². The van der Waals surface area contributed by atoms with Gasteiger partial charge in [0, 0.05) is 28.6 Å². The van der Waals surface area contributed by atoms with Crippen molar-refractivity contribution >= 4 is 28.7 Å². The lowest BCUT2D eigenvalue weighted by Gasteiger charge is -2.28. The number of aryl methyl sites for hydroxylation is 1. The van der Waals surface area contributed by atoms with Crippen molar-refractivity contribution < 1.29 is 14.3 Å². The maximum absolute atomic E-state index is 13.0. The van der Waals surface area contributed by atoms with Crippen LogP contribution < -0.4 is 11.1 Å². The number of rotatable bonds is 8. The minimum atomic E-state index is -0.406. The van der Waals surface area contributed by atoms with Crippen LogP contribution in [0, 0.1) is 6.92 Å². The lowest BCUT2D eigenvalue weighted by Crippen LogP contribution is -2.45. The van der Waals surface area contributed by atoms with E-state index in [1.807, 2.05) is 78.3 Å². The number of nitrogens with two attached hydrogens (primary N) is 1. The van der Waals surface area contributed by atoms with E-state index in [1.54, 1.807) is 6.20 Å². The number of benzene rings is 2. The molecular formula is C34H33N7O3. The summed E-state index contributed by atoms with van der Waals surface area (Å²) in [5.74, 6) is 0.345. The van der Waals surface area contributed by atoms with Gasteiger partial charge in [0.15, 0.2) is 11.4 Å².